The van der Waals surface area contributed by atoms with E-state index < -0.39 is 11.6 Å². The second-order valence-electron chi connectivity index (χ2n) is 4.96. The van der Waals surface area contributed by atoms with Gasteiger partial charge in [-0.3, -0.25) is 4.98 Å². The topological polar surface area (TPSA) is 24.9 Å². The van der Waals surface area contributed by atoms with Crippen molar-refractivity contribution in [3.63, 3.8) is 0 Å². The smallest absolute Gasteiger partial charge is 0.159 e. The van der Waals surface area contributed by atoms with Gasteiger partial charge in [-0.05, 0) is 48.7 Å². The second-order valence-corrected chi connectivity index (χ2v) is 4.96. The van der Waals surface area contributed by atoms with Crippen LogP contribution in [0.2, 0.25) is 0 Å². The van der Waals surface area contributed by atoms with Crippen molar-refractivity contribution in [1.29, 1.82) is 0 Å². The zero-order valence-corrected chi connectivity index (χ0v) is 12.4. The third-order valence-corrected chi connectivity index (χ3v) is 3.46. The third-order valence-electron chi connectivity index (χ3n) is 3.46. The van der Waals surface area contributed by atoms with Crippen molar-refractivity contribution in [3.8, 4) is 0 Å². The van der Waals surface area contributed by atoms with Crippen LogP contribution in [0.5, 0.6) is 0 Å². The molecule has 1 unspecified atom stereocenters. The largest absolute Gasteiger partial charge is 0.305 e. The lowest BCUT2D eigenvalue weighted by molar-refractivity contribution is 0.502. The normalized spacial score (nSPS) is 12.4. The van der Waals surface area contributed by atoms with Crippen molar-refractivity contribution in [1.82, 2.24) is 10.3 Å². The molecule has 0 spiro atoms. The average molecular weight is 290 g/mol. The van der Waals surface area contributed by atoms with Crippen LogP contribution in [0.15, 0.2) is 36.5 Å². The van der Waals surface area contributed by atoms with Crippen molar-refractivity contribution in [2.24, 2.45) is 0 Å². The van der Waals surface area contributed by atoms with Gasteiger partial charge in [-0.25, -0.2) is 8.78 Å². The van der Waals surface area contributed by atoms with Gasteiger partial charge in [-0.1, -0.05) is 26.0 Å². The summed E-state index contributed by atoms with van der Waals surface area (Å²) in [6, 6.07) is 7.71. The number of nitrogens with one attached hydrogen (secondary N) is 1. The molecule has 0 aliphatic rings. The van der Waals surface area contributed by atoms with Crippen LogP contribution in [0.25, 0.3) is 0 Å². The summed E-state index contributed by atoms with van der Waals surface area (Å²) in [5.41, 5.74) is 2.67. The van der Waals surface area contributed by atoms with Gasteiger partial charge in [0.1, 0.15) is 0 Å². The molecular weight excluding hydrogens is 270 g/mol. The van der Waals surface area contributed by atoms with Gasteiger partial charge >= 0.3 is 0 Å². The van der Waals surface area contributed by atoms with Gasteiger partial charge in [0, 0.05) is 6.20 Å². The molecule has 0 amide bonds. The fraction of sp³-hybridized carbons (Fsp3) is 0.353. The van der Waals surface area contributed by atoms with E-state index >= 15 is 0 Å². The van der Waals surface area contributed by atoms with Crippen molar-refractivity contribution >= 4 is 0 Å². The molecule has 1 aromatic carbocycles. The van der Waals surface area contributed by atoms with E-state index in [4.69, 9.17) is 0 Å². The molecule has 112 valence electrons. The Balaban J connectivity index is 2.44. The Labute approximate surface area is 124 Å². The van der Waals surface area contributed by atoms with Crippen molar-refractivity contribution < 1.29 is 8.78 Å². The summed E-state index contributed by atoms with van der Waals surface area (Å²) < 4.78 is 26.7. The average Bonchev–Trinajstić information content (AvgIpc) is 2.51. The first-order valence-corrected chi connectivity index (χ1v) is 7.29. The van der Waals surface area contributed by atoms with E-state index in [-0.39, 0.29) is 6.04 Å². The number of pyridine rings is 1. The van der Waals surface area contributed by atoms with E-state index in [9.17, 15) is 8.78 Å². The Kier molecular flexibility index (Phi) is 5.39. The molecule has 21 heavy (non-hydrogen) atoms. The second kappa shape index (κ2) is 7.27. The minimum atomic E-state index is -0.829. The van der Waals surface area contributed by atoms with Gasteiger partial charge in [-0.2, -0.15) is 0 Å². The Morgan fingerprint density at radius 3 is 2.62 bits per heavy atom. The first kappa shape index (κ1) is 15.6. The summed E-state index contributed by atoms with van der Waals surface area (Å²) in [7, 11) is 0. The Morgan fingerprint density at radius 1 is 1.14 bits per heavy atom. The fourth-order valence-electron chi connectivity index (χ4n) is 2.36. The number of hydrogen-bond donors (Lipinski definition) is 1. The molecule has 1 atom stereocenters. The van der Waals surface area contributed by atoms with E-state index in [0.717, 1.165) is 30.6 Å². The third kappa shape index (κ3) is 3.64. The Bertz CT molecular complexity index is 599. The van der Waals surface area contributed by atoms with E-state index in [1.54, 1.807) is 12.3 Å². The maximum Gasteiger partial charge on any atom is 0.159 e. The van der Waals surface area contributed by atoms with Crippen LogP contribution in [-0.4, -0.2) is 11.5 Å². The quantitative estimate of drug-likeness (QED) is 0.869. The van der Waals surface area contributed by atoms with Gasteiger partial charge in [0.05, 0.1) is 11.7 Å². The molecule has 2 aromatic rings. The minimum absolute atomic E-state index is 0.226. The fourth-order valence-corrected chi connectivity index (χ4v) is 2.36. The van der Waals surface area contributed by atoms with Crippen LogP contribution < -0.4 is 5.32 Å². The molecule has 1 aromatic heterocycles. The van der Waals surface area contributed by atoms with Gasteiger partial charge in [0.15, 0.2) is 11.6 Å². The highest BCUT2D eigenvalue weighted by Gasteiger charge is 2.19. The molecule has 0 radical (unpaired) electrons. The molecular formula is C17H20F2N2. The molecule has 0 saturated heterocycles. The van der Waals surface area contributed by atoms with Gasteiger partial charge in [-0.15, -0.1) is 0 Å². The van der Waals surface area contributed by atoms with Crippen LogP contribution >= 0.6 is 0 Å². The summed E-state index contributed by atoms with van der Waals surface area (Å²) in [6.07, 6.45) is 3.53. The standard InChI is InChI=1S/C17H20F2N2/c1-3-9-20-17(13-7-8-14(18)15(19)11-13)16-12(4-2)6-5-10-21-16/h5-8,10-11,17,20H,3-4,9H2,1-2H3. The number of halogens is 2. The molecule has 4 heteroatoms. The predicted octanol–water partition coefficient (Wildman–Crippen LogP) is 4.01. The van der Waals surface area contributed by atoms with Crippen LogP contribution in [-0.2, 0) is 6.42 Å². The van der Waals surface area contributed by atoms with Gasteiger partial charge < -0.3 is 5.32 Å². The van der Waals surface area contributed by atoms with Crippen LogP contribution in [0.4, 0.5) is 8.78 Å². The van der Waals surface area contributed by atoms with E-state index in [1.165, 1.54) is 12.1 Å². The molecule has 2 rings (SSSR count). The van der Waals surface area contributed by atoms with Crippen LogP contribution in [0.3, 0.4) is 0 Å². The molecule has 0 aliphatic heterocycles. The molecule has 0 bridgehead atoms. The maximum absolute atomic E-state index is 13.5. The van der Waals surface area contributed by atoms with Crippen LogP contribution in [0, 0.1) is 11.6 Å². The van der Waals surface area contributed by atoms with E-state index in [1.807, 2.05) is 12.1 Å². The number of benzene rings is 1. The summed E-state index contributed by atoms with van der Waals surface area (Å²) in [6.45, 7) is 4.90. The van der Waals surface area contributed by atoms with Crippen molar-refractivity contribution in [2.75, 3.05) is 6.54 Å². The highest BCUT2D eigenvalue weighted by atomic mass is 19.2. The Morgan fingerprint density at radius 2 is 1.95 bits per heavy atom. The lowest BCUT2D eigenvalue weighted by Gasteiger charge is -2.21. The zero-order chi connectivity index (χ0) is 15.2. The molecule has 1 heterocycles. The highest BCUT2D eigenvalue weighted by Crippen LogP contribution is 2.25. The molecule has 0 fully saturated rings. The molecule has 0 aliphatic carbocycles. The first-order valence-electron chi connectivity index (χ1n) is 7.29. The number of hydrogen-bond acceptors (Lipinski definition) is 2. The lowest BCUT2D eigenvalue weighted by Crippen LogP contribution is -2.25. The zero-order valence-electron chi connectivity index (χ0n) is 12.4. The molecule has 2 nitrogen and oxygen atoms in total. The number of nitrogens with zero attached hydrogens (tertiary/aromatic N) is 1. The minimum Gasteiger partial charge on any atom is -0.305 e. The van der Waals surface area contributed by atoms with Crippen LogP contribution in [0.1, 0.15) is 43.1 Å². The summed E-state index contributed by atoms with van der Waals surface area (Å²) >= 11 is 0. The lowest BCUT2D eigenvalue weighted by atomic mass is 9.98. The molecule has 1 N–H and O–H groups in total. The molecule has 0 saturated carbocycles. The number of aryl methyl sites for hydroxylation is 1. The Hall–Kier alpha value is -1.81. The van der Waals surface area contributed by atoms with Crippen molar-refractivity contribution in [2.45, 2.75) is 32.7 Å². The SMILES string of the molecule is CCCNC(c1ccc(F)c(F)c1)c1ncccc1CC. The summed E-state index contributed by atoms with van der Waals surface area (Å²) in [4.78, 5) is 4.45. The first-order chi connectivity index (χ1) is 10.2. The van der Waals surface area contributed by atoms with E-state index in [2.05, 4.69) is 24.1 Å². The van der Waals surface area contributed by atoms with E-state index in [0.29, 0.717) is 5.56 Å². The monoisotopic (exact) mass is 290 g/mol. The summed E-state index contributed by atoms with van der Waals surface area (Å²) in [5, 5.41) is 3.37. The predicted molar refractivity (Wildman–Crippen MR) is 80.1 cm³/mol. The van der Waals surface area contributed by atoms with Crippen molar-refractivity contribution in [3.05, 3.63) is 65.0 Å². The number of aromatic nitrogens is 1. The van der Waals surface area contributed by atoms with Gasteiger partial charge in [0.2, 0.25) is 0 Å². The maximum atomic E-state index is 13.5. The number of rotatable bonds is 6. The summed E-state index contributed by atoms with van der Waals surface area (Å²) in [5.74, 6) is -1.66. The van der Waals surface area contributed by atoms with Gasteiger partial charge in [0.25, 0.3) is 0 Å². The highest BCUT2D eigenvalue weighted by molar-refractivity contribution is 5.33.